The number of ether oxygens (including phenoxy) is 1. The number of hydrogen-bond acceptors (Lipinski definition) is 2. The molecule has 1 aromatic heterocycles. The molecular formula is C8H9Br2NO. The topological polar surface area (TPSA) is 22.1 Å². The van der Waals surface area contributed by atoms with Crippen molar-refractivity contribution in [3.05, 3.63) is 21.9 Å². The average molecular weight is 295 g/mol. The SMILES string of the molecule is COc1c(Br)cnc(CBr)c1C. The summed E-state index contributed by atoms with van der Waals surface area (Å²) in [5, 5.41) is 0.752. The highest BCUT2D eigenvalue weighted by Gasteiger charge is 2.08. The van der Waals surface area contributed by atoms with Crippen molar-refractivity contribution in [3.8, 4) is 5.75 Å². The van der Waals surface area contributed by atoms with Crippen molar-refractivity contribution in [1.82, 2.24) is 4.98 Å². The van der Waals surface area contributed by atoms with E-state index in [1.165, 1.54) is 0 Å². The first-order chi connectivity index (χ1) is 5.70. The summed E-state index contributed by atoms with van der Waals surface area (Å²) in [5.41, 5.74) is 2.08. The lowest BCUT2D eigenvalue weighted by Crippen LogP contribution is -1.95. The predicted molar refractivity (Wildman–Crippen MR) is 55.9 cm³/mol. The fourth-order valence-corrected chi connectivity index (χ4v) is 2.11. The van der Waals surface area contributed by atoms with Gasteiger partial charge in [-0.15, -0.1) is 0 Å². The average Bonchev–Trinajstić information content (AvgIpc) is 2.06. The van der Waals surface area contributed by atoms with Gasteiger partial charge in [0, 0.05) is 17.1 Å². The van der Waals surface area contributed by atoms with Gasteiger partial charge in [-0.25, -0.2) is 0 Å². The second kappa shape index (κ2) is 4.23. The molecule has 1 heterocycles. The van der Waals surface area contributed by atoms with Crippen molar-refractivity contribution < 1.29 is 4.74 Å². The Bertz CT molecular complexity index is 289. The molecule has 1 aromatic rings. The van der Waals surface area contributed by atoms with Crippen molar-refractivity contribution in [1.29, 1.82) is 0 Å². The highest BCUT2D eigenvalue weighted by Crippen LogP contribution is 2.29. The molecule has 0 unspecified atom stereocenters. The van der Waals surface area contributed by atoms with E-state index in [9.17, 15) is 0 Å². The Morgan fingerprint density at radius 2 is 2.25 bits per heavy atom. The van der Waals surface area contributed by atoms with Gasteiger partial charge in [0.2, 0.25) is 0 Å². The fourth-order valence-electron chi connectivity index (χ4n) is 0.986. The van der Waals surface area contributed by atoms with Crippen LogP contribution in [0, 0.1) is 6.92 Å². The van der Waals surface area contributed by atoms with E-state index >= 15 is 0 Å². The number of hydrogen-bond donors (Lipinski definition) is 0. The lowest BCUT2D eigenvalue weighted by Gasteiger charge is -2.08. The van der Waals surface area contributed by atoms with Crippen molar-refractivity contribution >= 4 is 31.9 Å². The maximum absolute atomic E-state index is 5.21. The molecule has 4 heteroatoms. The van der Waals surface area contributed by atoms with Gasteiger partial charge in [0.1, 0.15) is 5.75 Å². The van der Waals surface area contributed by atoms with E-state index in [0.29, 0.717) is 0 Å². The molecular weight excluding hydrogens is 286 g/mol. The summed E-state index contributed by atoms with van der Waals surface area (Å²) in [6, 6.07) is 0. The largest absolute Gasteiger partial charge is 0.495 e. The van der Waals surface area contributed by atoms with Crippen LogP contribution in [0.4, 0.5) is 0 Å². The first-order valence-corrected chi connectivity index (χ1v) is 5.36. The van der Waals surface area contributed by atoms with E-state index in [1.54, 1.807) is 13.3 Å². The molecule has 0 atom stereocenters. The van der Waals surface area contributed by atoms with E-state index in [1.807, 2.05) is 6.92 Å². The molecule has 66 valence electrons. The summed E-state index contributed by atoms with van der Waals surface area (Å²) in [5.74, 6) is 0.861. The molecule has 0 N–H and O–H groups in total. The molecule has 0 bridgehead atoms. The van der Waals surface area contributed by atoms with Crippen LogP contribution in [0.15, 0.2) is 10.7 Å². The van der Waals surface area contributed by atoms with E-state index in [2.05, 4.69) is 36.8 Å². The Labute approximate surface area is 88.6 Å². The van der Waals surface area contributed by atoms with Crippen molar-refractivity contribution in [2.75, 3.05) is 7.11 Å². The number of pyridine rings is 1. The summed E-state index contributed by atoms with van der Waals surface area (Å²) in [7, 11) is 1.66. The van der Waals surface area contributed by atoms with Crippen molar-refractivity contribution in [2.24, 2.45) is 0 Å². The van der Waals surface area contributed by atoms with Gasteiger partial charge in [0.15, 0.2) is 0 Å². The van der Waals surface area contributed by atoms with Gasteiger partial charge in [0.05, 0.1) is 17.3 Å². The van der Waals surface area contributed by atoms with Gasteiger partial charge >= 0.3 is 0 Å². The first-order valence-electron chi connectivity index (χ1n) is 3.44. The Morgan fingerprint density at radius 3 is 2.75 bits per heavy atom. The minimum atomic E-state index is 0.752. The van der Waals surface area contributed by atoms with Crippen LogP contribution in [0.1, 0.15) is 11.3 Å². The van der Waals surface area contributed by atoms with Gasteiger partial charge in [-0.2, -0.15) is 0 Å². The smallest absolute Gasteiger partial charge is 0.139 e. The minimum Gasteiger partial charge on any atom is -0.495 e. The summed E-state index contributed by atoms with van der Waals surface area (Å²) >= 11 is 6.73. The van der Waals surface area contributed by atoms with Crippen LogP contribution < -0.4 is 4.74 Å². The molecule has 0 amide bonds. The molecule has 0 aliphatic heterocycles. The third-order valence-corrected chi connectivity index (χ3v) is 2.75. The molecule has 0 aliphatic rings. The molecule has 12 heavy (non-hydrogen) atoms. The standard InChI is InChI=1S/C8H9Br2NO/c1-5-7(3-9)11-4-6(10)8(5)12-2/h4H,3H2,1-2H3. The second-order valence-electron chi connectivity index (χ2n) is 2.34. The van der Waals surface area contributed by atoms with Gasteiger partial charge in [0.25, 0.3) is 0 Å². The maximum Gasteiger partial charge on any atom is 0.139 e. The summed E-state index contributed by atoms with van der Waals surface area (Å²) in [4.78, 5) is 4.23. The highest BCUT2D eigenvalue weighted by atomic mass is 79.9. The van der Waals surface area contributed by atoms with E-state index in [-0.39, 0.29) is 0 Å². The molecule has 2 nitrogen and oxygen atoms in total. The Hall–Kier alpha value is -0.0900. The van der Waals surface area contributed by atoms with Crippen LogP contribution in [0.3, 0.4) is 0 Å². The van der Waals surface area contributed by atoms with E-state index < -0.39 is 0 Å². The Balaban J connectivity index is 3.24. The predicted octanol–water partition coefficient (Wildman–Crippen LogP) is 3.06. The van der Waals surface area contributed by atoms with E-state index in [0.717, 1.165) is 26.8 Å². The zero-order valence-electron chi connectivity index (χ0n) is 6.90. The summed E-state index contributed by atoms with van der Waals surface area (Å²) in [6.07, 6.45) is 1.75. The molecule has 0 aliphatic carbocycles. The molecule has 0 spiro atoms. The zero-order valence-corrected chi connectivity index (χ0v) is 10.1. The van der Waals surface area contributed by atoms with Crippen LogP contribution in [0.25, 0.3) is 0 Å². The van der Waals surface area contributed by atoms with Gasteiger partial charge < -0.3 is 4.74 Å². The first kappa shape index (κ1) is 9.99. The van der Waals surface area contributed by atoms with Crippen LogP contribution in [0.2, 0.25) is 0 Å². The van der Waals surface area contributed by atoms with Crippen LogP contribution in [-0.4, -0.2) is 12.1 Å². The minimum absolute atomic E-state index is 0.752. The molecule has 0 fully saturated rings. The van der Waals surface area contributed by atoms with Crippen molar-refractivity contribution in [2.45, 2.75) is 12.3 Å². The van der Waals surface area contributed by atoms with E-state index in [4.69, 9.17) is 4.74 Å². The third kappa shape index (κ3) is 1.80. The number of aromatic nitrogens is 1. The summed E-state index contributed by atoms with van der Waals surface area (Å²) < 4.78 is 6.11. The van der Waals surface area contributed by atoms with Gasteiger partial charge in [-0.3, -0.25) is 4.98 Å². The number of nitrogens with zero attached hydrogens (tertiary/aromatic N) is 1. The highest BCUT2D eigenvalue weighted by molar-refractivity contribution is 9.10. The molecule has 1 rings (SSSR count). The molecule has 0 aromatic carbocycles. The quantitative estimate of drug-likeness (QED) is 0.782. The monoisotopic (exact) mass is 293 g/mol. The second-order valence-corrected chi connectivity index (χ2v) is 3.76. The van der Waals surface area contributed by atoms with Gasteiger partial charge in [-0.05, 0) is 22.9 Å². The van der Waals surface area contributed by atoms with Crippen LogP contribution in [0.5, 0.6) is 5.75 Å². The Kier molecular flexibility index (Phi) is 3.53. The zero-order chi connectivity index (χ0) is 9.14. The Morgan fingerprint density at radius 1 is 1.58 bits per heavy atom. The van der Waals surface area contributed by atoms with Crippen LogP contribution in [-0.2, 0) is 5.33 Å². The third-order valence-electron chi connectivity index (χ3n) is 1.65. The lowest BCUT2D eigenvalue weighted by molar-refractivity contribution is 0.407. The lowest BCUT2D eigenvalue weighted by atomic mass is 10.2. The van der Waals surface area contributed by atoms with Crippen LogP contribution >= 0.6 is 31.9 Å². The number of rotatable bonds is 2. The molecule has 0 saturated heterocycles. The normalized spacial score (nSPS) is 10.0. The van der Waals surface area contributed by atoms with Gasteiger partial charge in [-0.1, -0.05) is 15.9 Å². The summed E-state index contributed by atoms with van der Waals surface area (Å²) in [6.45, 7) is 1.99. The molecule has 0 saturated carbocycles. The number of methoxy groups -OCH3 is 1. The number of alkyl halides is 1. The maximum atomic E-state index is 5.21. The molecule has 0 radical (unpaired) electrons. The number of halogens is 2. The van der Waals surface area contributed by atoms with Crippen molar-refractivity contribution in [3.63, 3.8) is 0 Å². The fraction of sp³-hybridized carbons (Fsp3) is 0.375.